The lowest BCUT2D eigenvalue weighted by molar-refractivity contribution is -0.134. The fourth-order valence-corrected chi connectivity index (χ4v) is 4.90. The Balaban J connectivity index is 1.67. The number of carbonyl (C=O) groups excluding carboxylic acids is 1. The topological polar surface area (TPSA) is 32.3 Å². The molecule has 1 saturated heterocycles. The summed E-state index contributed by atoms with van der Waals surface area (Å²) >= 11 is 1.77. The van der Waals surface area contributed by atoms with Crippen molar-refractivity contribution in [1.82, 2.24) is 10.2 Å². The van der Waals surface area contributed by atoms with E-state index in [1.54, 1.807) is 11.3 Å². The Bertz CT molecular complexity index is 523. The average Bonchev–Trinajstić information content (AvgIpc) is 3.03. The Morgan fingerprint density at radius 2 is 2.10 bits per heavy atom. The Labute approximate surface area is 130 Å². The van der Waals surface area contributed by atoms with E-state index in [2.05, 4.69) is 34.7 Å². The van der Waals surface area contributed by atoms with E-state index in [-0.39, 0.29) is 11.7 Å². The Morgan fingerprint density at radius 3 is 2.81 bits per heavy atom. The summed E-state index contributed by atoms with van der Waals surface area (Å²) in [5.74, 6) is 0.995. The minimum atomic E-state index is -0.208. The van der Waals surface area contributed by atoms with Gasteiger partial charge in [-0.25, -0.2) is 0 Å². The van der Waals surface area contributed by atoms with Crippen molar-refractivity contribution in [1.29, 1.82) is 0 Å². The maximum absolute atomic E-state index is 13.0. The second kappa shape index (κ2) is 5.10. The van der Waals surface area contributed by atoms with E-state index >= 15 is 0 Å². The molecule has 3 fully saturated rings. The van der Waals surface area contributed by atoms with Crippen molar-refractivity contribution in [3.8, 4) is 0 Å². The normalized spacial score (nSPS) is 35.2. The van der Waals surface area contributed by atoms with Gasteiger partial charge >= 0.3 is 0 Å². The molecule has 0 aromatic carbocycles. The molecule has 3 nitrogen and oxygen atoms in total. The van der Waals surface area contributed by atoms with Gasteiger partial charge in [0.15, 0.2) is 0 Å². The molecule has 114 valence electrons. The maximum Gasteiger partial charge on any atom is 0.244 e. The molecule has 1 aromatic rings. The SMILES string of the molecule is CC1CCCCCC1N1C(=O)C2(CC2)NC1c1cccs1. The first kappa shape index (κ1) is 13.8. The summed E-state index contributed by atoms with van der Waals surface area (Å²) < 4.78 is 0. The summed E-state index contributed by atoms with van der Waals surface area (Å²) in [6, 6.07) is 4.68. The summed E-state index contributed by atoms with van der Waals surface area (Å²) in [5.41, 5.74) is -0.208. The smallest absolute Gasteiger partial charge is 0.244 e. The van der Waals surface area contributed by atoms with Crippen LogP contribution in [0.25, 0.3) is 0 Å². The molecule has 1 aliphatic heterocycles. The molecule has 1 aromatic heterocycles. The van der Waals surface area contributed by atoms with Crippen LogP contribution in [0.5, 0.6) is 0 Å². The van der Waals surface area contributed by atoms with E-state index in [4.69, 9.17) is 0 Å². The summed E-state index contributed by atoms with van der Waals surface area (Å²) in [6.45, 7) is 2.34. The van der Waals surface area contributed by atoms with Gasteiger partial charge in [-0.2, -0.15) is 0 Å². The second-order valence-corrected chi connectivity index (χ2v) is 8.02. The number of thiophene rings is 1. The van der Waals surface area contributed by atoms with Crippen LogP contribution >= 0.6 is 11.3 Å². The Morgan fingerprint density at radius 1 is 1.29 bits per heavy atom. The number of carbonyl (C=O) groups is 1. The Kier molecular flexibility index (Phi) is 3.34. The van der Waals surface area contributed by atoms with Gasteiger partial charge in [-0.15, -0.1) is 11.3 Å². The molecule has 1 N–H and O–H groups in total. The molecule has 3 aliphatic rings. The highest BCUT2D eigenvalue weighted by molar-refractivity contribution is 7.10. The van der Waals surface area contributed by atoms with Crippen LogP contribution in [0, 0.1) is 5.92 Å². The summed E-state index contributed by atoms with van der Waals surface area (Å²) in [5, 5.41) is 5.79. The van der Waals surface area contributed by atoms with Gasteiger partial charge in [-0.05, 0) is 43.0 Å². The average molecular weight is 304 g/mol. The highest BCUT2D eigenvalue weighted by Gasteiger charge is 2.61. The van der Waals surface area contributed by atoms with Crippen LogP contribution < -0.4 is 5.32 Å². The number of amides is 1. The van der Waals surface area contributed by atoms with Crippen LogP contribution in [0.15, 0.2) is 17.5 Å². The lowest BCUT2D eigenvalue weighted by Gasteiger charge is -2.35. The fourth-order valence-electron chi connectivity index (χ4n) is 4.12. The van der Waals surface area contributed by atoms with Crippen molar-refractivity contribution < 1.29 is 4.79 Å². The van der Waals surface area contributed by atoms with Gasteiger partial charge < -0.3 is 4.90 Å². The fraction of sp³-hybridized carbons (Fsp3) is 0.706. The van der Waals surface area contributed by atoms with Crippen LogP contribution in [-0.2, 0) is 4.79 Å². The van der Waals surface area contributed by atoms with Gasteiger partial charge in [0.05, 0.1) is 0 Å². The third kappa shape index (κ3) is 2.23. The first-order valence-corrected chi connectivity index (χ1v) is 9.23. The highest BCUT2D eigenvalue weighted by atomic mass is 32.1. The molecule has 3 atom stereocenters. The van der Waals surface area contributed by atoms with Crippen molar-refractivity contribution in [2.45, 2.75) is 69.6 Å². The largest absolute Gasteiger partial charge is 0.317 e. The zero-order valence-corrected chi connectivity index (χ0v) is 13.5. The van der Waals surface area contributed by atoms with Crippen molar-refractivity contribution in [3.05, 3.63) is 22.4 Å². The quantitative estimate of drug-likeness (QED) is 0.845. The number of hydrogen-bond acceptors (Lipinski definition) is 3. The van der Waals surface area contributed by atoms with E-state index in [1.165, 1.54) is 37.0 Å². The number of hydrogen-bond donors (Lipinski definition) is 1. The number of nitrogens with one attached hydrogen (secondary N) is 1. The summed E-state index contributed by atoms with van der Waals surface area (Å²) in [6.07, 6.45) is 8.50. The highest BCUT2D eigenvalue weighted by Crippen LogP contribution is 2.49. The maximum atomic E-state index is 13.0. The minimum Gasteiger partial charge on any atom is -0.317 e. The minimum absolute atomic E-state index is 0.116. The third-order valence-electron chi connectivity index (χ3n) is 5.57. The molecular formula is C17H24N2OS. The lowest BCUT2D eigenvalue weighted by atomic mass is 9.94. The molecule has 21 heavy (non-hydrogen) atoms. The van der Waals surface area contributed by atoms with Crippen molar-refractivity contribution in [3.63, 3.8) is 0 Å². The monoisotopic (exact) mass is 304 g/mol. The van der Waals surface area contributed by atoms with Crippen LogP contribution in [-0.4, -0.2) is 22.4 Å². The van der Waals surface area contributed by atoms with E-state index in [1.807, 2.05) is 0 Å². The molecule has 4 heteroatoms. The van der Waals surface area contributed by atoms with Crippen molar-refractivity contribution >= 4 is 17.2 Å². The van der Waals surface area contributed by atoms with Gasteiger partial charge in [-0.1, -0.05) is 32.3 Å². The zero-order valence-electron chi connectivity index (χ0n) is 12.7. The van der Waals surface area contributed by atoms with Crippen LogP contribution in [0.2, 0.25) is 0 Å². The first-order chi connectivity index (χ1) is 10.2. The first-order valence-electron chi connectivity index (χ1n) is 8.35. The molecular weight excluding hydrogens is 280 g/mol. The zero-order chi connectivity index (χ0) is 14.4. The summed E-state index contributed by atoms with van der Waals surface area (Å²) in [4.78, 5) is 16.5. The number of nitrogens with zero attached hydrogens (tertiary/aromatic N) is 1. The van der Waals surface area contributed by atoms with Gasteiger partial charge in [0.2, 0.25) is 5.91 Å². The predicted molar refractivity (Wildman–Crippen MR) is 85.0 cm³/mol. The van der Waals surface area contributed by atoms with Crippen LogP contribution in [0.3, 0.4) is 0 Å². The van der Waals surface area contributed by atoms with Gasteiger partial charge in [-0.3, -0.25) is 10.1 Å². The van der Waals surface area contributed by atoms with E-state index < -0.39 is 0 Å². The summed E-state index contributed by atoms with van der Waals surface area (Å²) in [7, 11) is 0. The van der Waals surface area contributed by atoms with E-state index in [9.17, 15) is 4.79 Å². The van der Waals surface area contributed by atoms with Gasteiger partial charge in [0, 0.05) is 10.9 Å². The van der Waals surface area contributed by atoms with Crippen LogP contribution in [0.4, 0.5) is 0 Å². The molecule has 4 rings (SSSR count). The molecule has 1 spiro atoms. The molecule has 0 radical (unpaired) electrons. The molecule has 2 heterocycles. The Hall–Kier alpha value is -0.870. The van der Waals surface area contributed by atoms with E-state index in [0.29, 0.717) is 17.9 Å². The standard InChI is InChI=1S/C17H24N2OS/c1-12-6-3-2-4-7-13(12)19-15(14-8-5-11-21-14)18-17(9-10-17)16(19)20/h5,8,11-13,15,18H,2-4,6-7,9-10H2,1H3. The van der Waals surface area contributed by atoms with E-state index in [0.717, 1.165) is 12.8 Å². The molecule has 0 bridgehead atoms. The van der Waals surface area contributed by atoms with Gasteiger partial charge in [0.25, 0.3) is 0 Å². The second-order valence-electron chi connectivity index (χ2n) is 7.04. The number of rotatable bonds is 2. The molecule has 3 unspecified atom stereocenters. The molecule has 1 amide bonds. The van der Waals surface area contributed by atoms with Crippen molar-refractivity contribution in [2.24, 2.45) is 5.92 Å². The third-order valence-corrected chi connectivity index (χ3v) is 6.50. The molecule has 2 aliphatic carbocycles. The van der Waals surface area contributed by atoms with Crippen molar-refractivity contribution in [2.75, 3.05) is 0 Å². The van der Waals surface area contributed by atoms with Crippen LogP contribution in [0.1, 0.15) is 62.9 Å². The molecule has 2 saturated carbocycles. The van der Waals surface area contributed by atoms with Gasteiger partial charge in [0.1, 0.15) is 11.7 Å². The lowest BCUT2D eigenvalue weighted by Crippen LogP contribution is -2.43. The predicted octanol–water partition coefficient (Wildman–Crippen LogP) is 3.68.